The maximum absolute atomic E-state index is 12.2. The fraction of sp³-hybridized carbons (Fsp3) is 0.385. The Hall–Kier alpha value is -2.08. The van der Waals surface area contributed by atoms with Crippen LogP contribution in [0.15, 0.2) is 24.3 Å². The van der Waals surface area contributed by atoms with Gasteiger partial charge in [0.15, 0.2) is 0 Å². The number of nitrogens with zero attached hydrogens (tertiary/aromatic N) is 1. The Labute approximate surface area is 111 Å². The van der Waals surface area contributed by atoms with Crippen molar-refractivity contribution in [3.8, 4) is 5.75 Å². The Bertz CT molecular complexity index is 429. The van der Waals surface area contributed by atoms with Gasteiger partial charge in [-0.1, -0.05) is 0 Å². The van der Waals surface area contributed by atoms with Crippen LogP contribution in [0.2, 0.25) is 0 Å². The first-order valence-electron chi connectivity index (χ1n) is 5.72. The number of hydrogen-bond donors (Lipinski definition) is 1. The number of carbonyl (C=O) groups excluding carboxylic acids is 1. The van der Waals surface area contributed by atoms with E-state index in [4.69, 9.17) is 14.6 Å². The lowest BCUT2D eigenvalue weighted by molar-refractivity contribution is -0.137. The van der Waals surface area contributed by atoms with E-state index in [1.165, 1.54) is 19.1 Å². The number of methoxy groups -OCH3 is 2. The van der Waals surface area contributed by atoms with E-state index in [1.54, 1.807) is 24.3 Å². The van der Waals surface area contributed by atoms with Gasteiger partial charge >= 0.3 is 5.97 Å². The number of carboxylic acids is 1. The van der Waals surface area contributed by atoms with Gasteiger partial charge in [-0.3, -0.25) is 9.59 Å². The van der Waals surface area contributed by atoms with Crippen molar-refractivity contribution < 1.29 is 24.2 Å². The molecule has 6 heteroatoms. The third-order valence-corrected chi connectivity index (χ3v) is 2.52. The van der Waals surface area contributed by atoms with Crippen molar-refractivity contribution in [1.29, 1.82) is 0 Å². The summed E-state index contributed by atoms with van der Waals surface area (Å²) in [5, 5.41) is 8.81. The molecule has 1 amide bonds. The van der Waals surface area contributed by atoms with Crippen LogP contribution in [0.4, 0.5) is 0 Å². The number of rotatable bonds is 7. The van der Waals surface area contributed by atoms with Gasteiger partial charge in [0.05, 0.1) is 13.7 Å². The normalized spacial score (nSPS) is 10.0. The molecule has 1 aromatic rings. The van der Waals surface area contributed by atoms with Crippen molar-refractivity contribution in [2.45, 2.75) is 0 Å². The molecule has 0 atom stereocenters. The first-order valence-corrected chi connectivity index (χ1v) is 5.72. The predicted molar refractivity (Wildman–Crippen MR) is 68.4 cm³/mol. The lowest BCUT2D eigenvalue weighted by Crippen LogP contribution is -2.37. The largest absolute Gasteiger partial charge is 0.497 e. The SMILES string of the molecule is COCCN(CC(=O)O)C(=O)c1ccc(OC)cc1. The molecule has 0 saturated heterocycles. The van der Waals surface area contributed by atoms with Crippen molar-refractivity contribution in [3.63, 3.8) is 0 Å². The summed E-state index contributed by atoms with van der Waals surface area (Å²) in [4.78, 5) is 24.1. The highest BCUT2D eigenvalue weighted by Crippen LogP contribution is 2.13. The zero-order chi connectivity index (χ0) is 14.3. The lowest BCUT2D eigenvalue weighted by Gasteiger charge is -2.20. The predicted octanol–water partition coefficient (Wildman–Crippen LogP) is 0.868. The van der Waals surface area contributed by atoms with E-state index in [0.29, 0.717) is 11.3 Å². The molecular weight excluding hydrogens is 250 g/mol. The zero-order valence-electron chi connectivity index (χ0n) is 11.0. The fourth-order valence-electron chi connectivity index (χ4n) is 1.53. The summed E-state index contributed by atoms with van der Waals surface area (Å²) in [5.41, 5.74) is 0.415. The van der Waals surface area contributed by atoms with Gasteiger partial charge in [-0.05, 0) is 24.3 Å². The Kier molecular flexibility index (Phi) is 5.81. The molecule has 0 aliphatic heterocycles. The maximum Gasteiger partial charge on any atom is 0.323 e. The van der Waals surface area contributed by atoms with Crippen molar-refractivity contribution in [3.05, 3.63) is 29.8 Å². The Morgan fingerprint density at radius 2 is 1.84 bits per heavy atom. The van der Waals surface area contributed by atoms with E-state index in [1.807, 2.05) is 0 Å². The van der Waals surface area contributed by atoms with E-state index in [-0.39, 0.29) is 25.6 Å². The number of carboxylic acid groups (broad SMARTS) is 1. The molecule has 104 valence electrons. The van der Waals surface area contributed by atoms with Crippen LogP contribution in [-0.4, -0.2) is 55.8 Å². The van der Waals surface area contributed by atoms with Crippen LogP contribution >= 0.6 is 0 Å². The molecule has 0 saturated carbocycles. The van der Waals surface area contributed by atoms with Crippen LogP contribution < -0.4 is 4.74 Å². The molecule has 0 heterocycles. The van der Waals surface area contributed by atoms with E-state index in [9.17, 15) is 9.59 Å². The molecule has 0 bridgehead atoms. The third kappa shape index (κ3) is 4.59. The molecule has 1 rings (SSSR count). The summed E-state index contributed by atoms with van der Waals surface area (Å²) in [7, 11) is 3.03. The second kappa shape index (κ2) is 7.38. The molecule has 6 nitrogen and oxygen atoms in total. The van der Waals surface area contributed by atoms with E-state index >= 15 is 0 Å². The molecule has 1 N–H and O–H groups in total. The molecule has 0 fully saturated rings. The van der Waals surface area contributed by atoms with Gasteiger partial charge in [-0.2, -0.15) is 0 Å². The van der Waals surface area contributed by atoms with Crippen molar-refractivity contribution in [2.75, 3.05) is 33.9 Å². The number of ether oxygens (including phenoxy) is 2. The van der Waals surface area contributed by atoms with Crippen molar-refractivity contribution >= 4 is 11.9 Å². The minimum absolute atomic E-state index is 0.230. The van der Waals surface area contributed by atoms with Crippen LogP contribution in [0.1, 0.15) is 10.4 Å². The van der Waals surface area contributed by atoms with Gasteiger partial charge < -0.3 is 19.5 Å². The smallest absolute Gasteiger partial charge is 0.323 e. The van der Waals surface area contributed by atoms with Crippen LogP contribution in [-0.2, 0) is 9.53 Å². The molecule has 0 spiro atoms. The van der Waals surface area contributed by atoms with Gasteiger partial charge in [-0.25, -0.2) is 0 Å². The molecule has 0 aromatic heterocycles. The average molecular weight is 267 g/mol. The van der Waals surface area contributed by atoms with Gasteiger partial charge in [0.25, 0.3) is 5.91 Å². The summed E-state index contributed by atoms with van der Waals surface area (Å²) in [6.07, 6.45) is 0. The van der Waals surface area contributed by atoms with Gasteiger partial charge in [-0.15, -0.1) is 0 Å². The minimum atomic E-state index is -1.06. The highest BCUT2D eigenvalue weighted by Gasteiger charge is 2.18. The Morgan fingerprint density at radius 3 is 2.32 bits per heavy atom. The zero-order valence-corrected chi connectivity index (χ0v) is 11.0. The average Bonchev–Trinajstić information content (AvgIpc) is 2.42. The topological polar surface area (TPSA) is 76.1 Å². The molecular formula is C13H17NO5. The highest BCUT2D eigenvalue weighted by atomic mass is 16.5. The van der Waals surface area contributed by atoms with E-state index in [0.717, 1.165) is 0 Å². The summed E-state index contributed by atoms with van der Waals surface area (Å²) < 4.78 is 9.87. The molecule has 19 heavy (non-hydrogen) atoms. The molecule has 0 aliphatic carbocycles. The number of carbonyl (C=O) groups is 2. The Morgan fingerprint density at radius 1 is 1.21 bits per heavy atom. The molecule has 0 radical (unpaired) electrons. The first kappa shape index (κ1) is 15.0. The number of benzene rings is 1. The molecule has 0 aliphatic rings. The maximum atomic E-state index is 12.2. The number of amides is 1. The van der Waals surface area contributed by atoms with E-state index in [2.05, 4.69) is 0 Å². The second-order valence-corrected chi connectivity index (χ2v) is 3.84. The summed E-state index contributed by atoms with van der Waals surface area (Å²) in [5.74, 6) is -0.765. The van der Waals surface area contributed by atoms with E-state index < -0.39 is 5.97 Å². The number of aliphatic carboxylic acids is 1. The van der Waals surface area contributed by atoms with Gasteiger partial charge in [0.2, 0.25) is 0 Å². The van der Waals surface area contributed by atoms with Gasteiger partial charge in [0.1, 0.15) is 12.3 Å². The van der Waals surface area contributed by atoms with Crippen LogP contribution in [0.3, 0.4) is 0 Å². The highest BCUT2D eigenvalue weighted by molar-refractivity contribution is 5.95. The Balaban J connectivity index is 2.81. The molecule has 0 unspecified atom stereocenters. The number of hydrogen-bond acceptors (Lipinski definition) is 4. The summed E-state index contributed by atoms with van der Waals surface area (Å²) in [6, 6.07) is 6.51. The second-order valence-electron chi connectivity index (χ2n) is 3.84. The van der Waals surface area contributed by atoms with Crippen molar-refractivity contribution in [2.24, 2.45) is 0 Å². The van der Waals surface area contributed by atoms with Crippen molar-refractivity contribution in [1.82, 2.24) is 4.90 Å². The standard InChI is InChI=1S/C13H17NO5/c1-18-8-7-14(9-12(15)16)13(17)10-3-5-11(19-2)6-4-10/h3-6H,7-9H2,1-2H3,(H,15,16). The quantitative estimate of drug-likeness (QED) is 0.793. The third-order valence-electron chi connectivity index (χ3n) is 2.52. The monoisotopic (exact) mass is 267 g/mol. The minimum Gasteiger partial charge on any atom is -0.497 e. The van der Waals surface area contributed by atoms with Crippen LogP contribution in [0.5, 0.6) is 5.75 Å². The summed E-state index contributed by atoms with van der Waals surface area (Å²) >= 11 is 0. The van der Waals surface area contributed by atoms with Gasteiger partial charge in [0, 0.05) is 19.2 Å². The summed E-state index contributed by atoms with van der Waals surface area (Å²) in [6.45, 7) is 0.164. The molecule has 1 aromatic carbocycles. The fourth-order valence-corrected chi connectivity index (χ4v) is 1.53. The first-order chi connectivity index (χ1) is 9.08. The van der Waals surface area contributed by atoms with Crippen LogP contribution in [0, 0.1) is 0 Å². The lowest BCUT2D eigenvalue weighted by atomic mass is 10.2. The van der Waals surface area contributed by atoms with Crippen LogP contribution in [0.25, 0.3) is 0 Å².